The molecule has 0 aromatic heterocycles. The highest BCUT2D eigenvalue weighted by Gasteiger charge is 2.34. The van der Waals surface area contributed by atoms with Gasteiger partial charge in [0, 0.05) is 25.2 Å². The van der Waals surface area contributed by atoms with E-state index >= 15 is 0 Å². The normalized spacial score (nSPS) is 16.8. The Labute approximate surface area is 197 Å². The molecule has 1 aromatic rings. The summed E-state index contributed by atoms with van der Waals surface area (Å²) in [5, 5.41) is 10.9. The molecule has 0 bridgehead atoms. The quantitative estimate of drug-likeness (QED) is 0.268. The molecule has 33 heavy (non-hydrogen) atoms. The smallest absolute Gasteiger partial charge is 0.271 e. The molecule has 0 aliphatic carbocycles. The predicted octanol–water partition coefficient (Wildman–Crippen LogP) is 2.74. The van der Waals surface area contributed by atoms with Gasteiger partial charge in [0.15, 0.2) is 9.84 Å². The number of non-ortho nitro benzene ring substituents is 1. The molecule has 2 rings (SSSR count). The molecule has 1 aliphatic heterocycles. The molecule has 1 aromatic carbocycles. The van der Waals surface area contributed by atoms with Gasteiger partial charge in [-0.3, -0.25) is 14.3 Å². The number of nitro groups is 1. The van der Waals surface area contributed by atoms with Crippen LogP contribution in [0.1, 0.15) is 44.6 Å². The highest BCUT2D eigenvalue weighted by Crippen LogP contribution is 2.37. The fraction of sp³-hybridized carbons (Fsp3) is 0.714. The summed E-state index contributed by atoms with van der Waals surface area (Å²) < 4.78 is 55.3. The van der Waals surface area contributed by atoms with Gasteiger partial charge in [-0.1, -0.05) is 6.92 Å². The number of hydrogen-bond acceptors (Lipinski definition) is 9. The van der Waals surface area contributed by atoms with Crippen LogP contribution in [0.25, 0.3) is 0 Å². The third-order valence-corrected chi connectivity index (χ3v) is 8.67. The number of nitro benzene ring substituents is 1. The van der Waals surface area contributed by atoms with Crippen LogP contribution in [0.15, 0.2) is 17.0 Å². The number of benzene rings is 1. The van der Waals surface area contributed by atoms with Crippen molar-refractivity contribution >= 4 is 31.3 Å². The highest BCUT2D eigenvalue weighted by atomic mass is 32.2. The lowest BCUT2D eigenvalue weighted by atomic mass is 10.1. The Hall–Kier alpha value is -1.76. The summed E-state index contributed by atoms with van der Waals surface area (Å²) in [6.07, 6.45) is 4.05. The van der Waals surface area contributed by atoms with E-state index in [2.05, 4.69) is 4.90 Å². The second-order valence-electron chi connectivity index (χ2n) is 8.63. The van der Waals surface area contributed by atoms with Crippen LogP contribution in [-0.2, 0) is 24.1 Å². The van der Waals surface area contributed by atoms with Gasteiger partial charge in [0.2, 0.25) is 0 Å². The summed E-state index contributed by atoms with van der Waals surface area (Å²) in [5.41, 5.74) is 0.573. The summed E-state index contributed by atoms with van der Waals surface area (Å²) >= 11 is 0. The van der Waals surface area contributed by atoms with E-state index in [0.29, 0.717) is 37.1 Å². The van der Waals surface area contributed by atoms with Crippen LogP contribution in [0, 0.1) is 17.0 Å². The van der Waals surface area contributed by atoms with E-state index in [4.69, 9.17) is 4.18 Å². The minimum Gasteiger partial charge on any atom is -0.368 e. The highest BCUT2D eigenvalue weighted by molar-refractivity contribution is 7.92. The number of anilines is 1. The average molecular weight is 506 g/mol. The molecule has 0 unspecified atom stereocenters. The number of nitrogens with zero attached hydrogens (tertiary/aromatic N) is 3. The lowest BCUT2D eigenvalue weighted by molar-refractivity contribution is -0.385. The number of sulfone groups is 1. The van der Waals surface area contributed by atoms with Crippen LogP contribution in [0.2, 0.25) is 0 Å². The molecule has 1 fully saturated rings. The van der Waals surface area contributed by atoms with E-state index in [-0.39, 0.29) is 23.7 Å². The van der Waals surface area contributed by atoms with Gasteiger partial charge in [0.05, 0.1) is 33.6 Å². The van der Waals surface area contributed by atoms with Crippen LogP contribution in [0.4, 0.5) is 11.4 Å². The van der Waals surface area contributed by atoms with Crippen LogP contribution in [0.5, 0.6) is 0 Å². The maximum absolute atomic E-state index is 13.8. The van der Waals surface area contributed by atoms with E-state index in [9.17, 15) is 26.9 Å². The van der Waals surface area contributed by atoms with Crippen LogP contribution >= 0.6 is 0 Å². The molecule has 1 heterocycles. The maximum Gasteiger partial charge on any atom is 0.271 e. The predicted molar refractivity (Wildman–Crippen MR) is 128 cm³/mol. The average Bonchev–Trinajstić information content (AvgIpc) is 2.68. The van der Waals surface area contributed by atoms with Gasteiger partial charge in [0.25, 0.3) is 15.8 Å². The summed E-state index contributed by atoms with van der Waals surface area (Å²) in [7, 11) is -5.51. The first-order valence-electron chi connectivity index (χ1n) is 11.2. The maximum atomic E-state index is 13.8. The van der Waals surface area contributed by atoms with Gasteiger partial charge < -0.3 is 9.80 Å². The van der Waals surface area contributed by atoms with Crippen molar-refractivity contribution in [2.75, 3.05) is 51.0 Å². The van der Waals surface area contributed by atoms with Crippen molar-refractivity contribution in [1.29, 1.82) is 0 Å². The summed E-state index contributed by atoms with van der Waals surface area (Å²) in [4.78, 5) is 14.8. The topological polar surface area (TPSA) is 127 Å². The monoisotopic (exact) mass is 505 g/mol. The third kappa shape index (κ3) is 7.62. The van der Waals surface area contributed by atoms with Gasteiger partial charge >= 0.3 is 0 Å². The SMILES string of the molecule is CCCN(CCOS(C)(=O)=O)c1c(C)cc([N+](=O)[O-])cc1S(=O)(=O)C1CCCN(C)CCC1. The van der Waals surface area contributed by atoms with Crippen LogP contribution < -0.4 is 4.90 Å². The van der Waals surface area contributed by atoms with E-state index in [0.717, 1.165) is 38.3 Å². The van der Waals surface area contributed by atoms with Crippen molar-refractivity contribution in [3.05, 3.63) is 27.8 Å². The fourth-order valence-electron chi connectivity index (χ4n) is 4.28. The van der Waals surface area contributed by atoms with E-state index in [1.165, 1.54) is 6.07 Å². The third-order valence-electron chi connectivity index (χ3n) is 5.81. The minimum atomic E-state index is -3.87. The number of aryl methyl sites for hydroxylation is 1. The molecule has 0 atom stereocenters. The lowest BCUT2D eigenvalue weighted by Gasteiger charge is -2.30. The Morgan fingerprint density at radius 2 is 1.76 bits per heavy atom. The Kier molecular flexibility index (Phi) is 9.65. The van der Waals surface area contributed by atoms with Gasteiger partial charge in [-0.2, -0.15) is 8.42 Å². The molecule has 1 aliphatic rings. The van der Waals surface area contributed by atoms with Crippen molar-refractivity contribution < 1.29 is 25.9 Å². The first-order valence-corrected chi connectivity index (χ1v) is 14.5. The number of hydrogen-bond donors (Lipinski definition) is 0. The Morgan fingerprint density at radius 1 is 1.15 bits per heavy atom. The van der Waals surface area contributed by atoms with Gasteiger partial charge in [0.1, 0.15) is 0 Å². The van der Waals surface area contributed by atoms with E-state index in [1.54, 1.807) is 11.8 Å². The van der Waals surface area contributed by atoms with Gasteiger partial charge in [-0.15, -0.1) is 0 Å². The standard InChI is InChI=1S/C21H35N3O7S2/c1-5-10-23(13-14-31-32(4,27)28)21-17(2)15-18(24(25)26)16-20(21)33(29,30)19-8-6-11-22(3)12-7-9-19/h15-16,19H,5-14H2,1-4H3. The summed E-state index contributed by atoms with van der Waals surface area (Å²) in [6, 6.07) is 2.52. The molecule has 188 valence electrons. The Bertz CT molecular complexity index is 1030. The molecular weight excluding hydrogens is 470 g/mol. The van der Waals surface area contributed by atoms with Crippen molar-refractivity contribution in [2.45, 2.75) is 56.1 Å². The first-order chi connectivity index (χ1) is 15.4. The lowest BCUT2D eigenvalue weighted by Crippen LogP contribution is -2.33. The number of rotatable bonds is 10. The fourth-order valence-corrected chi connectivity index (χ4v) is 6.82. The second-order valence-corrected chi connectivity index (χ2v) is 12.5. The largest absolute Gasteiger partial charge is 0.368 e. The molecule has 0 saturated carbocycles. The zero-order valence-electron chi connectivity index (χ0n) is 19.8. The van der Waals surface area contributed by atoms with Crippen molar-refractivity contribution in [1.82, 2.24) is 4.90 Å². The van der Waals surface area contributed by atoms with E-state index in [1.807, 2.05) is 14.0 Å². The Morgan fingerprint density at radius 3 is 2.27 bits per heavy atom. The second kappa shape index (κ2) is 11.6. The molecule has 0 amide bonds. The zero-order chi connectivity index (χ0) is 24.8. The molecule has 0 N–H and O–H groups in total. The van der Waals surface area contributed by atoms with Crippen molar-refractivity contribution in [2.24, 2.45) is 0 Å². The Balaban J connectivity index is 2.54. The molecular formula is C21H35N3O7S2. The van der Waals surface area contributed by atoms with Gasteiger partial charge in [-0.25, -0.2) is 8.42 Å². The van der Waals surface area contributed by atoms with E-state index < -0.39 is 30.1 Å². The van der Waals surface area contributed by atoms with Gasteiger partial charge in [-0.05, 0) is 64.7 Å². The zero-order valence-corrected chi connectivity index (χ0v) is 21.5. The van der Waals surface area contributed by atoms with Crippen molar-refractivity contribution in [3.8, 4) is 0 Å². The molecule has 0 radical (unpaired) electrons. The molecule has 10 nitrogen and oxygen atoms in total. The first kappa shape index (κ1) is 27.5. The summed E-state index contributed by atoms with van der Waals surface area (Å²) in [6.45, 7) is 5.61. The minimum absolute atomic E-state index is 0.0547. The molecule has 0 spiro atoms. The van der Waals surface area contributed by atoms with Crippen LogP contribution in [0.3, 0.4) is 0 Å². The van der Waals surface area contributed by atoms with Crippen LogP contribution in [-0.4, -0.2) is 78.0 Å². The summed E-state index contributed by atoms with van der Waals surface area (Å²) in [5.74, 6) is 0. The van der Waals surface area contributed by atoms with Crippen molar-refractivity contribution in [3.63, 3.8) is 0 Å². The number of likely N-dealkylation sites (tertiary alicyclic amines) is 1. The molecule has 12 heteroatoms. The molecule has 1 saturated heterocycles.